The average molecular weight is 370 g/mol. The van der Waals surface area contributed by atoms with E-state index in [2.05, 4.69) is 0 Å². The van der Waals surface area contributed by atoms with E-state index in [1.807, 2.05) is 18.2 Å². The molecule has 130 valence electrons. The lowest BCUT2D eigenvalue weighted by molar-refractivity contribution is -0.133. The minimum atomic E-state index is -3.10. The van der Waals surface area contributed by atoms with Gasteiger partial charge in [-0.2, -0.15) is 0 Å². The summed E-state index contributed by atoms with van der Waals surface area (Å²) in [5, 5.41) is 1.81. The van der Waals surface area contributed by atoms with E-state index >= 15 is 0 Å². The summed E-state index contributed by atoms with van der Waals surface area (Å²) in [6.07, 6.45) is 3.42. The van der Waals surface area contributed by atoms with Gasteiger partial charge in [0.05, 0.1) is 10.8 Å². The van der Waals surface area contributed by atoms with Gasteiger partial charge in [-0.25, -0.2) is 8.42 Å². The van der Waals surface area contributed by atoms with E-state index in [-0.39, 0.29) is 30.1 Å². The van der Waals surface area contributed by atoms with Gasteiger partial charge in [-0.05, 0) is 12.1 Å². The Hall–Kier alpha value is -1.53. The molecule has 1 aromatic rings. The molecular weight excluding hydrogens is 350 g/mol. The molecule has 1 aromatic carbocycles. The number of hydrogen-bond donors (Lipinski definition) is 0. The maximum atomic E-state index is 12.3. The minimum Gasteiger partial charge on any atom is -0.489 e. The summed E-state index contributed by atoms with van der Waals surface area (Å²) < 4.78 is 28.7. The second kappa shape index (κ2) is 7.15. The number of ether oxygens (including phenoxy) is 1. The molecule has 0 spiro atoms. The number of benzene rings is 1. The van der Waals surface area contributed by atoms with Crippen molar-refractivity contribution >= 4 is 27.3 Å². The molecule has 0 radical (unpaired) electrons. The highest BCUT2D eigenvalue weighted by Crippen LogP contribution is 2.27. The first-order chi connectivity index (χ1) is 11.4. The predicted octanol–water partition coefficient (Wildman–Crippen LogP) is 2.66. The summed E-state index contributed by atoms with van der Waals surface area (Å²) in [6, 6.07) is 7.36. The molecule has 0 aromatic heterocycles. The van der Waals surface area contributed by atoms with Crippen LogP contribution < -0.4 is 4.74 Å². The second-order valence-electron chi connectivity index (χ2n) is 6.25. The maximum Gasteiger partial charge on any atom is 0.223 e. The quantitative estimate of drug-likeness (QED) is 0.818. The number of para-hydroxylation sites is 1. The van der Waals surface area contributed by atoms with E-state index in [1.54, 1.807) is 17.0 Å². The van der Waals surface area contributed by atoms with Crippen molar-refractivity contribution in [3.05, 3.63) is 40.8 Å². The fourth-order valence-corrected chi connectivity index (χ4v) is 4.64. The van der Waals surface area contributed by atoms with E-state index in [0.29, 0.717) is 23.9 Å². The van der Waals surface area contributed by atoms with Gasteiger partial charge >= 0.3 is 0 Å². The Morgan fingerprint density at radius 1 is 1.25 bits per heavy atom. The van der Waals surface area contributed by atoms with Crippen LogP contribution in [0.5, 0.6) is 5.75 Å². The first-order valence-electron chi connectivity index (χ1n) is 8.03. The Kier molecular flexibility index (Phi) is 5.15. The number of allylic oxidation sites excluding steroid dienone is 1. The summed E-state index contributed by atoms with van der Waals surface area (Å²) >= 11 is 6.10. The van der Waals surface area contributed by atoms with Gasteiger partial charge in [0.15, 0.2) is 9.84 Å². The highest BCUT2D eigenvalue weighted by Gasteiger charge is 2.28. The molecule has 24 heavy (non-hydrogen) atoms. The lowest BCUT2D eigenvalue weighted by Crippen LogP contribution is -2.42. The van der Waals surface area contributed by atoms with Crippen LogP contribution in [-0.2, 0) is 14.6 Å². The molecule has 0 aliphatic carbocycles. The predicted molar refractivity (Wildman–Crippen MR) is 92.7 cm³/mol. The van der Waals surface area contributed by atoms with Gasteiger partial charge in [-0.15, -0.1) is 0 Å². The van der Waals surface area contributed by atoms with Crippen LogP contribution in [-0.4, -0.2) is 44.2 Å². The third kappa shape index (κ3) is 4.30. The van der Waals surface area contributed by atoms with Gasteiger partial charge in [0.1, 0.15) is 11.9 Å². The van der Waals surface area contributed by atoms with Gasteiger partial charge in [-0.1, -0.05) is 29.8 Å². The number of piperidine rings is 1. The first kappa shape index (κ1) is 17.3. The fourth-order valence-electron chi connectivity index (χ4n) is 3.06. The lowest BCUT2D eigenvalue weighted by Gasteiger charge is -2.32. The molecule has 7 heteroatoms. The number of halogens is 1. The first-order valence-corrected chi connectivity index (χ1v) is 10.1. The summed E-state index contributed by atoms with van der Waals surface area (Å²) in [6.45, 7) is 1.24. The minimum absolute atomic E-state index is 0.0120. The van der Waals surface area contributed by atoms with Crippen molar-refractivity contribution in [2.75, 3.05) is 18.8 Å². The van der Waals surface area contributed by atoms with Gasteiger partial charge in [0.25, 0.3) is 0 Å². The molecular formula is C17H20ClNO4S. The van der Waals surface area contributed by atoms with E-state index in [9.17, 15) is 13.2 Å². The van der Waals surface area contributed by atoms with Crippen LogP contribution in [0.4, 0.5) is 0 Å². The van der Waals surface area contributed by atoms with Crippen molar-refractivity contribution in [1.82, 2.24) is 4.90 Å². The van der Waals surface area contributed by atoms with Crippen LogP contribution in [0.1, 0.15) is 19.3 Å². The lowest BCUT2D eigenvalue weighted by atomic mass is 10.0. The molecule has 1 saturated heterocycles. The number of carbonyl (C=O) groups excluding carboxylic acids is 1. The van der Waals surface area contributed by atoms with Crippen molar-refractivity contribution in [2.45, 2.75) is 25.4 Å². The highest BCUT2D eigenvalue weighted by atomic mass is 35.5. The Morgan fingerprint density at radius 2 is 1.96 bits per heavy atom. The molecule has 5 nitrogen and oxygen atoms in total. The molecule has 0 unspecified atom stereocenters. The van der Waals surface area contributed by atoms with E-state index in [4.69, 9.17) is 16.3 Å². The summed E-state index contributed by atoms with van der Waals surface area (Å²) in [4.78, 5) is 14.1. The monoisotopic (exact) mass is 369 g/mol. The fraction of sp³-hybridized carbons (Fsp3) is 0.471. The van der Waals surface area contributed by atoms with Crippen molar-refractivity contribution < 1.29 is 17.9 Å². The zero-order valence-corrected chi connectivity index (χ0v) is 14.8. The smallest absolute Gasteiger partial charge is 0.223 e. The Morgan fingerprint density at radius 3 is 2.58 bits per heavy atom. The SMILES string of the molecule is O=C(C[C@@H]1C=CS(=O)(=O)C1)N1CCC(Oc2ccccc2Cl)CC1. The molecule has 1 fully saturated rings. The van der Waals surface area contributed by atoms with Gasteiger partial charge in [-0.3, -0.25) is 4.79 Å². The second-order valence-corrected chi connectivity index (χ2v) is 8.59. The van der Waals surface area contributed by atoms with Crippen LogP contribution in [0.25, 0.3) is 0 Å². The Balaban J connectivity index is 1.47. The number of carbonyl (C=O) groups is 1. The van der Waals surface area contributed by atoms with E-state index in [1.165, 1.54) is 5.41 Å². The average Bonchev–Trinajstić information content (AvgIpc) is 2.89. The van der Waals surface area contributed by atoms with Crippen LogP contribution in [0, 0.1) is 5.92 Å². The highest BCUT2D eigenvalue weighted by molar-refractivity contribution is 7.94. The number of hydrogen-bond acceptors (Lipinski definition) is 4. The van der Waals surface area contributed by atoms with Crippen molar-refractivity contribution in [3.8, 4) is 5.75 Å². The van der Waals surface area contributed by atoms with Crippen LogP contribution in [0.3, 0.4) is 0 Å². The van der Waals surface area contributed by atoms with E-state index < -0.39 is 9.84 Å². The Labute approximate surface area is 147 Å². The van der Waals surface area contributed by atoms with Gasteiger partial charge in [0, 0.05) is 43.7 Å². The largest absolute Gasteiger partial charge is 0.489 e. The third-order valence-electron chi connectivity index (χ3n) is 4.37. The van der Waals surface area contributed by atoms with Crippen molar-refractivity contribution in [1.29, 1.82) is 0 Å². The molecule has 0 saturated carbocycles. The van der Waals surface area contributed by atoms with Gasteiger partial charge < -0.3 is 9.64 Å². The van der Waals surface area contributed by atoms with Crippen LogP contribution in [0.15, 0.2) is 35.7 Å². The van der Waals surface area contributed by atoms with Crippen molar-refractivity contribution in [2.24, 2.45) is 5.92 Å². The molecule has 1 amide bonds. The molecule has 0 N–H and O–H groups in total. The zero-order chi connectivity index (χ0) is 17.2. The number of rotatable bonds is 4. The normalized spacial score (nSPS) is 23.4. The zero-order valence-electron chi connectivity index (χ0n) is 13.2. The summed E-state index contributed by atoms with van der Waals surface area (Å²) in [7, 11) is -3.10. The molecule has 3 rings (SSSR count). The topological polar surface area (TPSA) is 63.7 Å². The number of sulfone groups is 1. The third-order valence-corrected chi connectivity index (χ3v) is 6.14. The van der Waals surface area contributed by atoms with Crippen molar-refractivity contribution in [3.63, 3.8) is 0 Å². The summed E-state index contributed by atoms with van der Waals surface area (Å²) in [5.74, 6) is 0.535. The Bertz CT molecular complexity index is 739. The summed E-state index contributed by atoms with van der Waals surface area (Å²) in [5.41, 5.74) is 0. The molecule has 0 bridgehead atoms. The molecule has 2 aliphatic heterocycles. The van der Waals surface area contributed by atoms with E-state index in [0.717, 1.165) is 12.8 Å². The number of amides is 1. The van der Waals surface area contributed by atoms with Crippen LogP contribution >= 0.6 is 11.6 Å². The molecule has 2 heterocycles. The maximum absolute atomic E-state index is 12.3. The molecule has 2 aliphatic rings. The standard InChI is InChI=1S/C17H20ClNO4S/c18-15-3-1-2-4-16(15)23-14-5-8-19(9-6-14)17(20)11-13-7-10-24(21,22)12-13/h1-4,7,10,13-14H,5-6,8-9,11-12H2/t13-/m0/s1. The number of likely N-dealkylation sites (tertiary alicyclic amines) is 1. The van der Waals surface area contributed by atoms with Gasteiger partial charge in [0.2, 0.25) is 5.91 Å². The molecule has 1 atom stereocenters. The van der Waals surface area contributed by atoms with Crippen LogP contribution in [0.2, 0.25) is 5.02 Å². The number of nitrogens with zero attached hydrogens (tertiary/aromatic N) is 1.